The van der Waals surface area contributed by atoms with E-state index in [-0.39, 0.29) is 0 Å². The van der Waals surface area contributed by atoms with Crippen LogP contribution in [0.25, 0.3) is 0 Å². The van der Waals surface area contributed by atoms with E-state index in [0.29, 0.717) is 17.5 Å². The molecule has 0 heterocycles. The van der Waals surface area contributed by atoms with Crippen molar-refractivity contribution in [2.24, 2.45) is 11.8 Å². The molecule has 1 N–H and O–H groups in total. The fourth-order valence-corrected chi connectivity index (χ4v) is 6.60. The van der Waals surface area contributed by atoms with Crippen LogP contribution in [0.2, 0.25) is 0 Å². The Balaban J connectivity index is 2.26. The SMILES string of the molecule is CCCCCCCC(CCCCCCC)CC(C)(O)CCCCC(=O)SCC1CCCCC1. The summed E-state index contributed by atoms with van der Waals surface area (Å²) in [5.41, 5.74) is -0.574. The van der Waals surface area contributed by atoms with Crippen LogP contribution < -0.4 is 0 Å². The third kappa shape index (κ3) is 18.0. The molecular formula is C30H58O2S. The summed E-state index contributed by atoms with van der Waals surface area (Å²) < 4.78 is 0. The monoisotopic (exact) mass is 482 g/mol. The van der Waals surface area contributed by atoms with Crippen LogP contribution in [0.15, 0.2) is 0 Å². The van der Waals surface area contributed by atoms with Crippen LogP contribution in [0.1, 0.15) is 162 Å². The smallest absolute Gasteiger partial charge is 0.188 e. The molecule has 1 atom stereocenters. The second-order valence-corrected chi connectivity index (χ2v) is 12.4. The van der Waals surface area contributed by atoms with Crippen LogP contribution in [0, 0.1) is 11.8 Å². The second kappa shape index (κ2) is 20.2. The van der Waals surface area contributed by atoms with Crippen LogP contribution in [0.3, 0.4) is 0 Å². The molecule has 0 spiro atoms. The Labute approximate surface area is 211 Å². The Morgan fingerprint density at radius 2 is 1.42 bits per heavy atom. The lowest BCUT2D eigenvalue weighted by Gasteiger charge is -2.29. The van der Waals surface area contributed by atoms with Gasteiger partial charge in [0.25, 0.3) is 0 Å². The van der Waals surface area contributed by atoms with Gasteiger partial charge in [0.2, 0.25) is 0 Å². The Kier molecular flexibility index (Phi) is 19.0. The van der Waals surface area contributed by atoms with Gasteiger partial charge in [-0.05, 0) is 50.9 Å². The van der Waals surface area contributed by atoms with Crippen LogP contribution in [-0.4, -0.2) is 21.6 Å². The number of unbranched alkanes of at least 4 members (excludes halogenated alkanes) is 9. The number of carbonyl (C=O) groups excluding carboxylic acids is 1. The molecule has 1 rings (SSSR count). The first-order chi connectivity index (χ1) is 16.0. The first kappa shape index (κ1) is 31.0. The Hall–Kier alpha value is -0.0200. The van der Waals surface area contributed by atoms with E-state index in [1.54, 1.807) is 11.8 Å². The maximum Gasteiger partial charge on any atom is 0.188 e. The quantitative estimate of drug-likeness (QED) is 0.165. The molecule has 1 fully saturated rings. The average molecular weight is 483 g/mol. The van der Waals surface area contributed by atoms with E-state index >= 15 is 0 Å². The molecule has 3 heteroatoms. The molecule has 196 valence electrons. The summed E-state index contributed by atoms with van der Waals surface area (Å²) in [6.07, 6.45) is 27.1. The van der Waals surface area contributed by atoms with E-state index < -0.39 is 5.60 Å². The molecule has 0 bridgehead atoms. The zero-order valence-electron chi connectivity index (χ0n) is 22.7. The van der Waals surface area contributed by atoms with E-state index in [0.717, 1.165) is 37.4 Å². The topological polar surface area (TPSA) is 37.3 Å². The van der Waals surface area contributed by atoms with Crippen LogP contribution in [0.4, 0.5) is 0 Å². The van der Waals surface area contributed by atoms with Gasteiger partial charge in [-0.3, -0.25) is 4.79 Å². The molecule has 0 aromatic heterocycles. The number of thioether (sulfide) groups is 1. The van der Waals surface area contributed by atoms with Crippen molar-refractivity contribution in [3.63, 3.8) is 0 Å². The molecule has 1 aliphatic rings. The fraction of sp³-hybridized carbons (Fsp3) is 0.967. The van der Waals surface area contributed by atoms with Gasteiger partial charge in [-0.2, -0.15) is 0 Å². The van der Waals surface area contributed by atoms with Crippen LogP contribution in [0.5, 0.6) is 0 Å². The molecular weight excluding hydrogens is 424 g/mol. The molecule has 0 aromatic rings. The highest BCUT2D eigenvalue weighted by molar-refractivity contribution is 8.13. The minimum Gasteiger partial charge on any atom is -0.390 e. The summed E-state index contributed by atoms with van der Waals surface area (Å²) in [6, 6.07) is 0. The third-order valence-electron chi connectivity index (χ3n) is 7.71. The summed E-state index contributed by atoms with van der Waals surface area (Å²) in [5, 5.41) is 11.5. The van der Waals surface area contributed by atoms with Crippen molar-refractivity contribution in [3.05, 3.63) is 0 Å². The van der Waals surface area contributed by atoms with Crippen molar-refractivity contribution < 1.29 is 9.90 Å². The fourth-order valence-electron chi connectivity index (χ4n) is 5.56. The van der Waals surface area contributed by atoms with Gasteiger partial charge in [0, 0.05) is 12.2 Å². The zero-order valence-corrected chi connectivity index (χ0v) is 23.5. The summed E-state index contributed by atoms with van der Waals surface area (Å²) in [7, 11) is 0. The lowest BCUT2D eigenvalue weighted by atomic mass is 9.82. The van der Waals surface area contributed by atoms with E-state index in [4.69, 9.17) is 0 Å². The molecule has 1 unspecified atom stereocenters. The summed E-state index contributed by atoms with van der Waals surface area (Å²) in [4.78, 5) is 12.3. The highest BCUT2D eigenvalue weighted by atomic mass is 32.2. The highest BCUT2D eigenvalue weighted by Gasteiger charge is 2.25. The normalized spacial score (nSPS) is 16.9. The number of aliphatic hydroxyl groups is 1. The van der Waals surface area contributed by atoms with E-state index in [1.165, 1.54) is 109 Å². The van der Waals surface area contributed by atoms with Crippen molar-refractivity contribution in [2.75, 3.05) is 5.75 Å². The number of carbonyl (C=O) groups is 1. The Bertz CT molecular complexity index is 442. The van der Waals surface area contributed by atoms with Gasteiger partial charge in [0.15, 0.2) is 5.12 Å². The average Bonchev–Trinajstić information content (AvgIpc) is 2.80. The van der Waals surface area contributed by atoms with Gasteiger partial charge in [-0.15, -0.1) is 0 Å². The minimum atomic E-state index is -0.574. The summed E-state index contributed by atoms with van der Waals surface area (Å²) >= 11 is 1.58. The first-order valence-corrected chi connectivity index (χ1v) is 15.8. The molecule has 1 aliphatic carbocycles. The Morgan fingerprint density at radius 1 is 0.848 bits per heavy atom. The summed E-state index contributed by atoms with van der Waals surface area (Å²) in [5.74, 6) is 2.47. The van der Waals surface area contributed by atoms with E-state index in [1.807, 2.05) is 6.92 Å². The lowest BCUT2D eigenvalue weighted by Crippen LogP contribution is -2.28. The van der Waals surface area contributed by atoms with Crippen molar-refractivity contribution in [2.45, 2.75) is 168 Å². The summed E-state index contributed by atoms with van der Waals surface area (Å²) in [6.45, 7) is 6.60. The van der Waals surface area contributed by atoms with E-state index in [2.05, 4.69) is 13.8 Å². The van der Waals surface area contributed by atoms with Gasteiger partial charge >= 0.3 is 0 Å². The largest absolute Gasteiger partial charge is 0.390 e. The van der Waals surface area contributed by atoms with Gasteiger partial charge < -0.3 is 5.11 Å². The van der Waals surface area contributed by atoms with Gasteiger partial charge in [-0.25, -0.2) is 0 Å². The van der Waals surface area contributed by atoms with Gasteiger partial charge in [0.05, 0.1) is 5.60 Å². The molecule has 2 nitrogen and oxygen atoms in total. The van der Waals surface area contributed by atoms with Crippen molar-refractivity contribution in [3.8, 4) is 0 Å². The van der Waals surface area contributed by atoms with Crippen molar-refractivity contribution in [1.29, 1.82) is 0 Å². The predicted octanol–water partition coefficient (Wildman–Crippen LogP) is 9.87. The van der Waals surface area contributed by atoms with Crippen LogP contribution in [-0.2, 0) is 4.79 Å². The molecule has 0 radical (unpaired) electrons. The number of rotatable bonds is 21. The molecule has 1 saturated carbocycles. The number of hydrogen-bond acceptors (Lipinski definition) is 3. The molecule has 33 heavy (non-hydrogen) atoms. The predicted molar refractivity (Wildman–Crippen MR) is 148 cm³/mol. The van der Waals surface area contributed by atoms with Crippen LogP contribution >= 0.6 is 11.8 Å². The van der Waals surface area contributed by atoms with Gasteiger partial charge in [0.1, 0.15) is 0 Å². The van der Waals surface area contributed by atoms with Crippen molar-refractivity contribution >= 4 is 16.9 Å². The standard InChI is InChI=1S/C30H58O2S/c1-4-6-8-10-13-19-27(20-14-11-9-7-5-2)25-30(3,32)24-18-17-23-29(31)33-26-28-21-15-12-16-22-28/h27-28,32H,4-26H2,1-3H3. The zero-order chi connectivity index (χ0) is 24.2. The second-order valence-electron chi connectivity index (χ2n) is 11.4. The molecule has 0 amide bonds. The molecule has 0 aromatic carbocycles. The third-order valence-corrected chi connectivity index (χ3v) is 8.88. The molecule has 0 aliphatic heterocycles. The maximum atomic E-state index is 12.3. The maximum absolute atomic E-state index is 12.3. The van der Waals surface area contributed by atoms with Crippen molar-refractivity contribution in [1.82, 2.24) is 0 Å². The lowest BCUT2D eigenvalue weighted by molar-refractivity contribution is -0.111. The minimum absolute atomic E-state index is 0.372. The van der Waals surface area contributed by atoms with Gasteiger partial charge in [-0.1, -0.05) is 128 Å². The number of hydrogen-bond donors (Lipinski definition) is 1. The highest BCUT2D eigenvalue weighted by Crippen LogP contribution is 2.31. The Morgan fingerprint density at radius 3 is 2.00 bits per heavy atom. The molecule has 0 saturated heterocycles. The van der Waals surface area contributed by atoms with E-state index in [9.17, 15) is 9.90 Å². The first-order valence-electron chi connectivity index (χ1n) is 14.8.